The lowest BCUT2D eigenvalue weighted by Gasteiger charge is -2.25. The van der Waals surface area contributed by atoms with E-state index in [2.05, 4.69) is 16.0 Å². The number of amides is 3. The summed E-state index contributed by atoms with van der Waals surface area (Å²) in [6.45, 7) is 3.41. The van der Waals surface area contributed by atoms with Gasteiger partial charge in [0.15, 0.2) is 0 Å². The molecule has 0 aromatic heterocycles. The third kappa shape index (κ3) is 25.7. The number of hydrogen-bond donors (Lipinski definition) is 6. The number of carbonyl (C=O) groups excluding carboxylic acids is 3. The van der Waals surface area contributed by atoms with Crippen LogP contribution in [0.15, 0.2) is 312 Å². The van der Waals surface area contributed by atoms with Crippen LogP contribution >= 0.6 is 11.6 Å². The van der Waals surface area contributed by atoms with Crippen LogP contribution in [-0.2, 0) is 96.6 Å². The van der Waals surface area contributed by atoms with Crippen molar-refractivity contribution in [3.8, 4) is 50.6 Å². The first kappa shape index (κ1) is 90.6. The largest absolute Gasteiger partial charge is 0.497 e. The fourth-order valence-corrected chi connectivity index (χ4v) is 17.5. The number of ether oxygens (including phenoxy) is 3. The van der Waals surface area contributed by atoms with Crippen LogP contribution in [0.3, 0.4) is 0 Å². The second-order valence-corrected chi connectivity index (χ2v) is 34.3. The van der Waals surface area contributed by atoms with E-state index < -0.39 is 41.9 Å². The van der Waals surface area contributed by atoms with Crippen LogP contribution in [0, 0.1) is 5.82 Å². The Hall–Kier alpha value is -11.7. The van der Waals surface area contributed by atoms with Gasteiger partial charge in [-0.3, -0.25) is 14.4 Å². The topological polar surface area (TPSA) is 305 Å². The Morgan fingerprint density at radius 1 is 0.383 bits per heavy atom. The number of para-hydroxylation sites is 2. The van der Waals surface area contributed by atoms with Crippen LogP contribution in [0.5, 0.6) is 17.2 Å². The molecule has 0 aliphatic heterocycles. The lowest BCUT2D eigenvalue weighted by molar-refractivity contribution is -0.122. The number of sulfonamides is 3. The van der Waals surface area contributed by atoms with Gasteiger partial charge in [0, 0.05) is 69.5 Å². The summed E-state index contributed by atoms with van der Waals surface area (Å²) in [5.41, 5.74) is 30.0. The second-order valence-electron chi connectivity index (χ2n) is 28.1. The highest BCUT2D eigenvalue weighted by atomic mass is 35.5. The molecular weight excluding hydrogens is 1600 g/mol. The van der Waals surface area contributed by atoms with Crippen molar-refractivity contribution >= 4 is 59.4 Å². The molecule has 624 valence electrons. The monoisotopic (exact) mass is 1700 g/mol. The van der Waals surface area contributed by atoms with E-state index in [0.717, 1.165) is 72.3 Å². The highest BCUT2D eigenvalue weighted by Crippen LogP contribution is 2.32. The number of nitrogens with two attached hydrogens (primary N) is 3. The maximum atomic E-state index is 13.8. The van der Waals surface area contributed by atoms with E-state index in [1.165, 1.54) is 37.2 Å². The molecule has 9 N–H and O–H groups in total. The Morgan fingerprint density at radius 3 is 1.14 bits per heavy atom. The van der Waals surface area contributed by atoms with Crippen molar-refractivity contribution in [3.63, 3.8) is 0 Å². The highest BCUT2D eigenvalue weighted by Gasteiger charge is 2.31. The summed E-state index contributed by atoms with van der Waals surface area (Å²) >= 11 is 6.32. The zero-order chi connectivity index (χ0) is 85.6. The number of halogens is 2. The van der Waals surface area contributed by atoms with Gasteiger partial charge in [0.25, 0.3) is 0 Å². The van der Waals surface area contributed by atoms with Gasteiger partial charge < -0.3 is 47.4 Å². The molecule has 12 aromatic carbocycles. The Morgan fingerprint density at radius 2 is 0.742 bits per heavy atom. The van der Waals surface area contributed by atoms with Gasteiger partial charge in [-0.2, -0.15) is 12.9 Å². The smallest absolute Gasteiger partial charge is 0.243 e. The summed E-state index contributed by atoms with van der Waals surface area (Å²) in [4.78, 5) is 39.2. The number of benzene rings is 12. The van der Waals surface area contributed by atoms with Crippen LogP contribution < -0.4 is 47.4 Å². The number of carbonyl (C=O) groups is 3. The van der Waals surface area contributed by atoms with Gasteiger partial charge in [0.2, 0.25) is 47.8 Å². The van der Waals surface area contributed by atoms with Crippen molar-refractivity contribution in [1.82, 2.24) is 28.9 Å². The van der Waals surface area contributed by atoms with Crippen molar-refractivity contribution in [1.29, 1.82) is 0 Å². The Balaban J connectivity index is 0.000000189. The normalized spacial score (nSPS) is 11.7. The van der Waals surface area contributed by atoms with Gasteiger partial charge in [-0.1, -0.05) is 237 Å². The molecule has 0 fully saturated rings. The van der Waals surface area contributed by atoms with Crippen LogP contribution in [0.2, 0.25) is 5.02 Å². The first-order valence-electron chi connectivity index (χ1n) is 38.8. The van der Waals surface area contributed by atoms with E-state index in [0.29, 0.717) is 72.4 Å². The SMILES string of the molecule is COc1cccc(-c2ccc(S(=O)(=O)N(CCc3ccccc3OC)CC(=O)NCc3ccc(CN)cc3)cc2)c1.COc1ccccc1CCN(CC(=O)NCc1ccc(CN)cc1)S(=O)(=O)c1ccc(-c2cccc(F)c2)cc1.C[C@H](CN(CC(=O)NCc1ccc(CN)cc1)S(=O)(=O)c1ccc(-c2ccccc2Cl)cc1)c1ccccc1. The van der Waals surface area contributed by atoms with Crippen LogP contribution in [0.25, 0.3) is 33.4 Å². The molecule has 0 heterocycles. The molecule has 3 amide bonds. The summed E-state index contributed by atoms with van der Waals surface area (Å²) in [5.74, 6) is 0.311. The van der Waals surface area contributed by atoms with Gasteiger partial charge in [0.05, 0.1) is 55.7 Å². The molecule has 120 heavy (non-hydrogen) atoms. The third-order valence-electron chi connectivity index (χ3n) is 19.9. The third-order valence-corrected chi connectivity index (χ3v) is 25.8. The molecule has 0 saturated carbocycles. The van der Waals surface area contributed by atoms with Gasteiger partial charge in [-0.15, -0.1) is 0 Å². The van der Waals surface area contributed by atoms with Gasteiger partial charge in [0.1, 0.15) is 23.1 Å². The van der Waals surface area contributed by atoms with Crippen molar-refractivity contribution in [2.24, 2.45) is 17.2 Å². The molecule has 0 unspecified atom stereocenters. The number of rotatable bonds is 36. The summed E-state index contributed by atoms with van der Waals surface area (Å²) in [5, 5.41) is 9.08. The molecule has 26 heteroatoms. The minimum atomic E-state index is -4.04. The first-order chi connectivity index (χ1) is 57.9. The first-order valence-corrected chi connectivity index (χ1v) is 43.5. The fourth-order valence-electron chi connectivity index (χ4n) is 13.0. The van der Waals surface area contributed by atoms with Crippen LogP contribution in [0.1, 0.15) is 62.9 Å². The summed E-state index contributed by atoms with van der Waals surface area (Å²) in [6, 6.07) is 87.7. The Bertz CT molecular complexity index is 5710. The Kier molecular flexibility index (Phi) is 33.5. The van der Waals surface area contributed by atoms with E-state index >= 15 is 0 Å². The maximum absolute atomic E-state index is 13.8. The predicted molar refractivity (Wildman–Crippen MR) is 470 cm³/mol. The lowest BCUT2D eigenvalue weighted by atomic mass is 10.0. The minimum Gasteiger partial charge on any atom is -0.497 e. The van der Waals surface area contributed by atoms with Crippen LogP contribution in [-0.4, -0.2) is 116 Å². The molecule has 0 bridgehead atoms. The minimum absolute atomic E-state index is 0.0397. The van der Waals surface area contributed by atoms with Crippen LogP contribution in [0.4, 0.5) is 4.39 Å². The van der Waals surface area contributed by atoms with E-state index in [9.17, 15) is 44.0 Å². The molecule has 1 atom stereocenters. The van der Waals surface area contributed by atoms with Crippen molar-refractivity contribution in [2.45, 2.75) is 79.6 Å². The number of methoxy groups -OCH3 is 3. The van der Waals surface area contributed by atoms with E-state index in [1.807, 2.05) is 201 Å². The molecule has 0 spiro atoms. The molecule has 21 nitrogen and oxygen atoms in total. The standard InChI is InChI=1S/C32H35N3O5S.C31H32ClN3O3S.C31H32FN3O4S/c1-39-29-8-5-7-28(20-29)26-14-16-30(17-15-26)41(37,38)35(19-18-27-6-3-4-9-31(27)40-2)23-32(36)34-22-25-12-10-24(21-33)11-13-25;1-23(26-7-3-2-4-8-26)21-35(22-31(36)34-20-25-13-11-24(19-33)12-14-25)39(37,38)28-17-15-27(16-18-28)29-9-5-6-10-30(29)32;1-39-30-8-3-2-5-26(30)17-18-35(22-31(36)34-21-24-11-9-23(20-33)10-12-24)40(37,38)29-15-13-25(14-16-29)27-6-4-7-28(32)19-27/h3-17,20H,18-19,21-23,33H2,1-2H3,(H,34,36);2-18,23H,19-22,33H2,1H3,(H,34,36);2-16,19H,17-18,20-22,33H2,1H3,(H,34,36)/t;23-;/m.1./s1. The van der Waals surface area contributed by atoms with Crippen molar-refractivity contribution in [2.75, 3.05) is 60.6 Å². The van der Waals surface area contributed by atoms with E-state index in [4.69, 9.17) is 43.0 Å². The molecule has 12 aromatic rings. The quantitative estimate of drug-likeness (QED) is 0.0213. The molecular formula is C94H99ClFN9O12S3. The summed E-state index contributed by atoms with van der Waals surface area (Å²) < 4.78 is 116. The molecule has 0 aliphatic rings. The number of nitrogens with zero attached hydrogens (tertiary/aromatic N) is 3. The number of hydrogen-bond acceptors (Lipinski definition) is 15. The van der Waals surface area contributed by atoms with Crippen molar-refractivity contribution < 1.29 is 58.2 Å². The maximum Gasteiger partial charge on any atom is 0.243 e. The van der Waals surface area contributed by atoms with E-state index in [1.54, 1.807) is 100 Å². The molecule has 0 saturated heterocycles. The van der Waals surface area contributed by atoms with Gasteiger partial charge in [-0.25, -0.2) is 29.6 Å². The predicted octanol–water partition coefficient (Wildman–Crippen LogP) is 14.5. The number of nitrogens with one attached hydrogen (secondary N) is 3. The fraction of sp³-hybridized carbons (Fsp3) is 0.202. The highest BCUT2D eigenvalue weighted by molar-refractivity contribution is 7.89. The van der Waals surface area contributed by atoms with Crippen molar-refractivity contribution in [3.05, 3.63) is 358 Å². The van der Waals surface area contributed by atoms with Gasteiger partial charge in [-0.05, 0) is 176 Å². The Labute approximate surface area is 708 Å². The average molecular weight is 1700 g/mol. The molecule has 0 radical (unpaired) electrons. The molecule has 0 aliphatic carbocycles. The zero-order valence-corrected chi connectivity index (χ0v) is 70.4. The van der Waals surface area contributed by atoms with E-state index in [-0.39, 0.29) is 84.7 Å². The zero-order valence-electron chi connectivity index (χ0n) is 67.2. The summed E-state index contributed by atoms with van der Waals surface area (Å²) in [6.07, 6.45) is 0.720. The molecule has 12 rings (SSSR count). The second kappa shape index (κ2) is 44.4. The summed E-state index contributed by atoms with van der Waals surface area (Å²) in [7, 11) is -7.28. The lowest BCUT2D eigenvalue weighted by Crippen LogP contribution is -2.42. The van der Waals surface area contributed by atoms with Gasteiger partial charge >= 0.3 is 0 Å². The average Bonchev–Trinajstić information content (AvgIpc) is 0.803.